The van der Waals surface area contributed by atoms with Gasteiger partial charge in [-0.15, -0.1) is 0 Å². The fourth-order valence-corrected chi connectivity index (χ4v) is 5.76. The second kappa shape index (κ2) is 8.44. The number of nitrogens with zero attached hydrogens (tertiary/aromatic N) is 5. The molecule has 2 aromatic rings. The molecular formula is C21H25ClN6O2S. The number of aryl methyl sites for hydroxylation is 1. The first-order valence-electron chi connectivity index (χ1n) is 10.7. The Morgan fingerprint density at radius 2 is 2.00 bits per heavy atom. The molecule has 0 radical (unpaired) electrons. The van der Waals surface area contributed by atoms with Crippen LogP contribution in [0.15, 0.2) is 23.4 Å². The van der Waals surface area contributed by atoms with Crippen molar-refractivity contribution in [3.8, 4) is 0 Å². The number of hydrogen-bond donors (Lipinski definition) is 2. The zero-order valence-electron chi connectivity index (χ0n) is 17.2. The number of halogens is 1. The number of fused-ring (bicyclic) bond motifs is 1. The van der Waals surface area contributed by atoms with Crippen molar-refractivity contribution in [3.05, 3.63) is 35.0 Å². The molecule has 1 saturated carbocycles. The van der Waals surface area contributed by atoms with E-state index in [-0.39, 0.29) is 12.1 Å². The van der Waals surface area contributed by atoms with Gasteiger partial charge in [0, 0.05) is 36.8 Å². The third kappa shape index (κ3) is 4.06. The van der Waals surface area contributed by atoms with Gasteiger partial charge in [-0.05, 0) is 38.5 Å². The van der Waals surface area contributed by atoms with Crippen molar-refractivity contribution in [2.24, 2.45) is 0 Å². The van der Waals surface area contributed by atoms with Crippen molar-refractivity contribution in [2.45, 2.75) is 49.0 Å². The van der Waals surface area contributed by atoms with E-state index in [4.69, 9.17) is 21.6 Å². The van der Waals surface area contributed by atoms with Gasteiger partial charge in [0.2, 0.25) is 5.95 Å². The summed E-state index contributed by atoms with van der Waals surface area (Å²) in [6.45, 7) is 1.28. The monoisotopic (exact) mass is 460 g/mol. The Morgan fingerprint density at radius 3 is 2.71 bits per heavy atom. The minimum absolute atomic E-state index is 0.0388. The standard InChI is InChI=1S/C21H25ClN6O2S/c22-15-10-23-18(24-11-15)14-5-8-28(12-14)20-25-16-4-1-2-9-31(30)17(16)19(26-20)27-21(13-29)6-3-7-21/h5,10-11,29H,1-4,6-9,12-13H2,(H,25,26,27)/t31-/m1/s1. The van der Waals surface area contributed by atoms with Crippen molar-refractivity contribution >= 4 is 39.7 Å². The Morgan fingerprint density at radius 1 is 1.19 bits per heavy atom. The van der Waals surface area contributed by atoms with Gasteiger partial charge in [0.1, 0.15) is 10.7 Å². The number of nitrogens with one attached hydrogen (secondary N) is 1. The maximum absolute atomic E-state index is 13.0. The lowest BCUT2D eigenvalue weighted by atomic mass is 9.77. The summed E-state index contributed by atoms with van der Waals surface area (Å²) < 4.78 is 13.0. The predicted molar refractivity (Wildman–Crippen MR) is 121 cm³/mol. The number of aromatic nitrogens is 4. The van der Waals surface area contributed by atoms with Crippen LogP contribution < -0.4 is 10.2 Å². The van der Waals surface area contributed by atoms with Gasteiger partial charge in [-0.3, -0.25) is 4.21 Å². The van der Waals surface area contributed by atoms with Crippen molar-refractivity contribution in [1.82, 2.24) is 19.9 Å². The zero-order valence-corrected chi connectivity index (χ0v) is 18.8. The number of aliphatic hydroxyl groups excluding tert-OH is 1. The van der Waals surface area contributed by atoms with E-state index < -0.39 is 10.8 Å². The van der Waals surface area contributed by atoms with Crippen LogP contribution in [0.5, 0.6) is 0 Å². The van der Waals surface area contributed by atoms with Crippen LogP contribution in [0, 0.1) is 0 Å². The van der Waals surface area contributed by atoms with Crippen LogP contribution in [-0.2, 0) is 17.2 Å². The number of anilines is 2. The van der Waals surface area contributed by atoms with Gasteiger partial charge in [0.25, 0.3) is 0 Å². The van der Waals surface area contributed by atoms with Gasteiger partial charge in [-0.2, -0.15) is 4.98 Å². The smallest absolute Gasteiger partial charge is 0.228 e. The molecule has 0 unspecified atom stereocenters. The Balaban J connectivity index is 1.47. The van der Waals surface area contributed by atoms with Crippen molar-refractivity contribution in [3.63, 3.8) is 0 Å². The molecule has 8 nitrogen and oxygen atoms in total. The van der Waals surface area contributed by atoms with E-state index in [1.54, 1.807) is 12.4 Å². The third-order valence-corrected chi connectivity index (χ3v) is 7.99. The fourth-order valence-electron chi connectivity index (χ4n) is 4.27. The molecule has 3 aliphatic rings. The van der Waals surface area contributed by atoms with Crippen molar-refractivity contribution < 1.29 is 9.32 Å². The highest BCUT2D eigenvalue weighted by atomic mass is 35.5. The Bertz CT molecular complexity index is 1040. The molecule has 2 aliphatic heterocycles. The lowest BCUT2D eigenvalue weighted by molar-refractivity contribution is 0.143. The van der Waals surface area contributed by atoms with E-state index in [1.165, 1.54) is 0 Å². The predicted octanol–water partition coefficient (Wildman–Crippen LogP) is 2.59. The molecule has 0 saturated heterocycles. The van der Waals surface area contributed by atoms with E-state index >= 15 is 0 Å². The molecular weight excluding hydrogens is 436 g/mol. The quantitative estimate of drug-likeness (QED) is 0.701. The highest BCUT2D eigenvalue weighted by Gasteiger charge is 2.38. The lowest BCUT2D eigenvalue weighted by Crippen LogP contribution is -2.49. The molecule has 1 aliphatic carbocycles. The van der Waals surface area contributed by atoms with Crippen LogP contribution in [0.1, 0.15) is 43.6 Å². The minimum Gasteiger partial charge on any atom is -0.394 e. The summed E-state index contributed by atoms with van der Waals surface area (Å²) in [6.07, 6.45) is 10.7. The molecule has 1 atom stereocenters. The van der Waals surface area contributed by atoms with Crippen LogP contribution in [0.25, 0.3) is 5.57 Å². The van der Waals surface area contributed by atoms with Gasteiger partial charge in [0.05, 0.1) is 33.7 Å². The first-order chi connectivity index (χ1) is 15.1. The summed E-state index contributed by atoms with van der Waals surface area (Å²) in [5, 5.41) is 13.9. The van der Waals surface area contributed by atoms with Crippen LogP contribution >= 0.6 is 11.6 Å². The van der Waals surface area contributed by atoms with Crippen molar-refractivity contribution in [1.29, 1.82) is 0 Å². The van der Waals surface area contributed by atoms with Gasteiger partial charge in [0.15, 0.2) is 5.82 Å². The topological polar surface area (TPSA) is 104 Å². The summed E-state index contributed by atoms with van der Waals surface area (Å²) in [5.74, 6) is 2.49. The number of aliphatic hydroxyl groups is 1. The average Bonchev–Trinajstić information content (AvgIpc) is 3.16. The molecule has 4 heterocycles. The Hall–Kier alpha value is -2.10. The summed E-state index contributed by atoms with van der Waals surface area (Å²) >= 11 is 5.91. The summed E-state index contributed by atoms with van der Waals surface area (Å²) in [7, 11) is -1.14. The normalized spacial score (nSPS) is 22.3. The molecule has 0 aromatic carbocycles. The second-order valence-corrected chi connectivity index (χ2v) is 10.4. The second-order valence-electron chi connectivity index (χ2n) is 8.41. The summed E-state index contributed by atoms with van der Waals surface area (Å²) in [6, 6.07) is 0. The first kappa shape index (κ1) is 20.8. The maximum atomic E-state index is 13.0. The Kier molecular flexibility index (Phi) is 5.66. The molecule has 1 fully saturated rings. The molecule has 10 heteroatoms. The lowest BCUT2D eigenvalue weighted by Gasteiger charge is -2.41. The van der Waals surface area contributed by atoms with E-state index in [0.717, 1.165) is 54.7 Å². The first-order valence-corrected chi connectivity index (χ1v) is 12.4. The van der Waals surface area contributed by atoms with Crippen LogP contribution in [0.2, 0.25) is 5.02 Å². The van der Waals surface area contributed by atoms with Gasteiger partial charge < -0.3 is 15.3 Å². The average molecular weight is 461 g/mol. The highest BCUT2D eigenvalue weighted by Crippen LogP contribution is 2.38. The fraction of sp³-hybridized carbons (Fsp3) is 0.524. The molecule has 0 amide bonds. The van der Waals surface area contributed by atoms with E-state index in [9.17, 15) is 9.32 Å². The van der Waals surface area contributed by atoms with E-state index in [0.29, 0.717) is 41.5 Å². The SMILES string of the molecule is O=[S@@]1CCCCc2nc(N3CC=C(c4ncc(Cl)cn4)C3)nc(NC3(CO)CCC3)c21. The number of hydrogen-bond acceptors (Lipinski definition) is 8. The zero-order chi connectivity index (χ0) is 21.4. The number of rotatable bonds is 5. The van der Waals surface area contributed by atoms with Gasteiger partial charge >= 0.3 is 0 Å². The summed E-state index contributed by atoms with van der Waals surface area (Å²) in [4.78, 5) is 21.1. The largest absolute Gasteiger partial charge is 0.394 e. The maximum Gasteiger partial charge on any atom is 0.228 e. The molecule has 2 aromatic heterocycles. The third-order valence-electron chi connectivity index (χ3n) is 6.25. The molecule has 5 rings (SSSR count). The molecule has 164 valence electrons. The van der Waals surface area contributed by atoms with Crippen molar-refractivity contribution in [2.75, 3.05) is 35.7 Å². The van der Waals surface area contributed by atoms with E-state index in [2.05, 4.69) is 26.3 Å². The molecule has 2 N–H and O–H groups in total. The highest BCUT2D eigenvalue weighted by molar-refractivity contribution is 7.85. The van der Waals surface area contributed by atoms with Crippen LogP contribution in [0.4, 0.5) is 11.8 Å². The Labute approximate surface area is 188 Å². The van der Waals surface area contributed by atoms with Gasteiger partial charge in [-0.25, -0.2) is 15.0 Å². The molecule has 0 spiro atoms. The van der Waals surface area contributed by atoms with Crippen LogP contribution in [-0.4, -0.2) is 60.2 Å². The molecule has 0 bridgehead atoms. The molecule has 31 heavy (non-hydrogen) atoms. The van der Waals surface area contributed by atoms with Crippen LogP contribution in [0.3, 0.4) is 0 Å². The minimum atomic E-state index is -1.14. The summed E-state index contributed by atoms with van der Waals surface area (Å²) in [5.41, 5.74) is 1.48. The van der Waals surface area contributed by atoms with E-state index in [1.807, 2.05) is 0 Å². The van der Waals surface area contributed by atoms with Gasteiger partial charge in [-0.1, -0.05) is 17.7 Å².